The molecule has 8 heteroatoms. The fourth-order valence-corrected chi connectivity index (χ4v) is 2.83. The molecule has 1 heterocycles. The number of benzene rings is 2. The SMILES string of the molecule is O=C(NCc1ccc(Cn2ccccc2=O)cc1)NCc1ccccc1OC(F)F. The lowest BCUT2D eigenvalue weighted by atomic mass is 10.1. The second-order valence-electron chi connectivity index (χ2n) is 6.51. The first-order chi connectivity index (χ1) is 14.5. The highest BCUT2D eigenvalue weighted by Crippen LogP contribution is 2.19. The summed E-state index contributed by atoms with van der Waals surface area (Å²) in [6.07, 6.45) is 1.73. The molecule has 0 radical (unpaired) electrons. The molecule has 0 aliphatic carbocycles. The van der Waals surface area contributed by atoms with Crippen molar-refractivity contribution in [3.8, 4) is 5.75 Å². The number of carbonyl (C=O) groups excluding carboxylic acids is 1. The van der Waals surface area contributed by atoms with Crippen molar-refractivity contribution in [2.45, 2.75) is 26.2 Å². The van der Waals surface area contributed by atoms with Gasteiger partial charge >= 0.3 is 12.6 Å². The Hall–Kier alpha value is -3.68. The molecular formula is C22H21F2N3O3. The van der Waals surface area contributed by atoms with Crippen LogP contribution in [-0.4, -0.2) is 17.2 Å². The molecule has 6 nitrogen and oxygen atoms in total. The predicted molar refractivity (Wildman–Crippen MR) is 108 cm³/mol. The molecule has 156 valence electrons. The standard InChI is InChI=1S/C22H21F2N3O3/c23-21(24)30-19-6-2-1-5-18(19)14-26-22(29)25-13-16-8-10-17(11-9-16)15-27-12-4-3-7-20(27)28/h1-12,21H,13-15H2,(H2,25,26,29). The molecule has 1 aromatic heterocycles. The van der Waals surface area contributed by atoms with Crippen molar-refractivity contribution in [1.82, 2.24) is 15.2 Å². The first-order valence-corrected chi connectivity index (χ1v) is 9.29. The van der Waals surface area contributed by atoms with Crippen LogP contribution in [0.5, 0.6) is 5.75 Å². The zero-order chi connectivity index (χ0) is 21.3. The number of para-hydroxylation sites is 1. The number of carbonyl (C=O) groups is 1. The van der Waals surface area contributed by atoms with Crippen molar-refractivity contribution in [3.63, 3.8) is 0 Å². The minimum Gasteiger partial charge on any atom is -0.434 e. The number of ether oxygens (including phenoxy) is 1. The third-order valence-electron chi connectivity index (χ3n) is 4.36. The molecule has 0 saturated carbocycles. The molecule has 2 amide bonds. The Morgan fingerprint density at radius 3 is 2.30 bits per heavy atom. The summed E-state index contributed by atoms with van der Waals surface area (Å²) >= 11 is 0. The topological polar surface area (TPSA) is 72.4 Å². The summed E-state index contributed by atoms with van der Waals surface area (Å²) in [5.74, 6) is 0.0286. The Labute approximate surface area is 172 Å². The summed E-state index contributed by atoms with van der Waals surface area (Å²) in [7, 11) is 0. The van der Waals surface area contributed by atoms with Gasteiger partial charge in [-0.25, -0.2) is 4.79 Å². The molecule has 30 heavy (non-hydrogen) atoms. The summed E-state index contributed by atoms with van der Waals surface area (Å²) < 4.78 is 30.9. The zero-order valence-corrected chi connectivity index (χ0v) is 16.1. The summed E-state index contributed by atoms with van der Waals surface area (Å²) in [5.41, 5.74) is 2.23. The van der Waals surface area contributed by atoms with E-state index in [0.717, 1.165) is 11.1 Å². The van der Waals surface area contributed by atoms with E-state index >= 15 is 0 Å². The van der Waals surface area contributed by atoms with Gasteiger partial charge in [0.15, 0.2) is 0 Å². The minimum absolute atomic E-state index is 0.0286. The summed E-state index contributed by atoms with van der Waals surface area (Å²) in [6.45, 7) is -2.11. The van der Waals surface area contributed by atoms with E-state index in [9.17, 15) is 18.4 Å². The molecule has 0 atom stereocenters. The maximum atomic E-state index is 12.4. The molecular weight excluding hydrogens is 392 g/mol. The summed E-state index contributed by atoms with van der Waals surface area (Å²) in [4.78, 5) is 23.8. The van der Waals surface area contributed by atoms with E-state index in [0.29, 0.717) is 18.7 Å². The van der Waals surface area contributed by atoms with Gasteiger partial charge in [-0.05, 0) is 23.3 Å². The van der Waals surface area contributed by atoms with Gasteiger partial charge in [0.05, 0.1) is 6.54 Å². The molecule has 0 spiro atoms. The molecule has 3 aromatic rings. The van der Waals surface area contributed by atoms with Crippen molar-refractivity contribution < 1.29 is 18.3 Å². The van der Waals surface area contributed by atoms with Crippen LogP contribution < -0.4 is 20.9 Å². The molecule has 0 unspecified atom stereocenters. The van der Waals surface area contributed by atoms with Gasteiger partial charge < -0.3 is 19.9 Å². The summed E-state index contributed by atoms with van der Waals surface area (Å²) in [6, 6.07) is 18.4. The highest BCUT2D eigenvalue weighted by molar-refractivity contribution is 5.73. The average Bonchev–Trinajstić information content (AvgIpc) is 2.74. The number of nitrogens with one attached hydrogen (secondary N) is 2. The van der Waals surface area contributed by atoms with E-state index in [1.165, 1.54) is 12.1 Å². The lowest BCUT2D eigenvalue weighted by molar-refractivity contribution is -0.0504. The van der Waals surface area contributed by atoms with Crippen LogP contribution in [0.1, 0.15) is 16.7 Å². The van der Waals surface area contributed by atoms with Crippen LogP contribution in [0.15, 0.2) is 77.7 Å². The number of rotatable bonds is 8. The van der Waals surface area contributed by atoms with Gasteiger partial charge in [0.2, 0.25) is 0 Å². The van der Waals surface area contributed by atoms with Crippen LogP contribution in [0.2, 0.25) is 0 Å². The van der Waals surface area contributed by atoms with E-state index in [-0.39, 0.29) is 17.9 Å². The number of urea groups is 1. The monoisotopic (exact) mass is 413 g/mol. The molecule has 0 saturated heterocycles. The summed E-state index contributed by atoms with van der Waals surface area (Å²) in [5, 5.41) is 5.33. The number of aromatic nitrogens is 1. The number of hydrogen-bond acceptors (Lipinski definition) is 3. The van der Waals surface area contributed by atoms with Crippen molar-refractivity contribution in [2.75, 3.05) is 0 Å². The van der Waals surface area contributed by atoms with E-state index in [2.05, 4.69) is 15.4 Å². The third-order valence-corrected chi connectivity index (χ3v) is 4.36. The highest BCUT2D eigenvalue weighted by Gasteiger charge is 2.10. The average molecular weight is 413 g/mol. The van der Waals surface area contributed by atoms with Crippen molar-refractivity contribution >= 4 is 6.03 Å². The molecule has 3 rings (SSSR count). The molecule has 2 N–H and O–H groups in total. The third kappa shape index (κ3) is 6.16. The number of nitrogens with zero attached hydrogens (tertiary/aromatic N) is 1. The van der Waals surface area contributed by atoms with Gasteiger partial charge in [-0.3, -0.25) is 4.79 Å². The van der Waals surface area contributed by atoms with Gasteiger partial charge in [-0.15, -0.1) is 0 Å². The maximum Gasteiger partial charge on any atom is 0.387 e. The minimum atomic E-state index is -2.93. The largest absolute Gasteiger partial charge is 0.434 e. The zero-order valence-electron chi connectivity index (χ0n) is 16.1. The van der Waals surface area contributed by atoms with Crippen LogP contribution >= 0.6 is 0 Å². The first kappa shape index (κ1) is 21.0. The van der Waals surface area contributed by atoms with Crippen molar-refractivity contribution in [2.24, 2.45) is 0 Å². The molecule has 0 bridgehead atoms. The van der Waals surface area contributed by atoms with Gasteiger partial charge in [-0.1, -0.05) is 48.5 Å². The van der Waals surface area contributed by atoms with Crippen LogP contribution in [0, 0.1) is 0 Å². The number of halogens is 2. The van der Waals surface area contributed by atoms with Crippen LogP contribution in [0.25, 0.3) is 0 Å². The van der Waals surface area contributed by atoms with E-state index in [4.69, 9.17) is 0 Å². The molecule has 2 aromatic carbocycles. The van der Waals surface area contributed by atoms with Crippen molar-refractivity contribution in [1.29, 1.82) is 0 Å². The quantitative estimate of drug-likeness (QED) is 0.594. The van der Waals surface area contributed by atoms with E-state index < -0.39 is 12.6 Å². The lowest BCUT2D eigenvalue weighted by Crippen LogP contribution is -2.34. The lowest BCUT2D eigenvalue weighted by Gasteiger charge is -2.12. The number of alkyl halides is 2. The fraction of sp³-hybridized carbons (Fsp3) is 0.182. The Balaban J connectivity index is 1.48. The first-order valence-electron chi connectivity index (χ1n) is 9.29. The van der Waals surface area contributed by atoms with Crippen LogP contribution in [-0.2, 0) is 19.6 Å². The Kier molecular flexibility index (Phi) is 7.15. The normalized spacial score (nSPS) is 10.6. The Bertz CT molecular complexity index is 1040. The van der Waals surface area contributed by atoms with Gasteiger partial charge in [0.1, 0.15) is 5.75 Å². The number of hydrogen-bond donors (Lipinski definition) is 2. The molecule has 0 aliphatic rings. The Morgan fingerprint density at radius 1 is 0.900 bits per heavy atom. The second kappa shape index (κ2) is 10.2. The number of amides is 2. The van der Waals surface area contributed by atoms with Gasteiger partial charge in [-0.2, -0.15) is 8.78 Å². The second-order valence-corrected chi connectivity index (χ2v) is 6.51. The van der Waals surface area contributed by atoms with E-state index in [1.54, 1.807) is 41.1 Å². The maximum absolute atomic E-state index is 12.4. The Morgan fingerprint density at radius 2 is 1.57 bits per heavy atom. The van der Waals surface area contributed by atoms with Gasteiger partial charge in [0.25, 0.3) is 5.56 Å². The molecule has 0 fully saturated rings. The molecule has 0 aliphatic heterocycles. The van der Waals surface area contributed by atoms with E-state index in [1.807, 2.05) is 24.3 Å². The van der Waals surface area contributed by atoms with Crippen LogP contribution in [0.4, 0.5) is 13.6 Å². The van der Waals surface area contributed by atoms with Crippen molar-refractivity contribution in [3.05, 3.63) is 100.0 Å². The highest BCUT2D eigenvalue weighted by atomic mass is 19.3. The smallest absolute Gasteiger partial charge is 0.387 e. The predicted octanol–water partition coefficient (Wildman–Crippen LogP) is 3.50. The number of pyridine rings is 1. The van der Waals surface area contributed by atoms with Crippen LogP contribution in [0.3, 0.4) is 0 Å². The van der Waals surface area contributed by atoms with Gasteiger partial charge in [0, 0.05) is 30.9 Å². The fourth-order valence-electron chi connectivity index (χ4n) is 2.83.